The molecule has 0 spiro atoms. The summed E-state index contributed by atoms with van der Waals surface area (Å²) in [6, 6.07) is 6.00. The van der Waals surface area contributed by atoms with Crippen molar-refractivity contribution in [2.24, 2.45) is 0 Å². The second-order valence-corrected chi connectivity index (χ2v) is 5.57. The predicted molar refractivity (Wildman–Crippen MR) is 81.3 cm³/mol. The van der Waals surface area contributed by atoms with Crippen molar-refractivity contribution < 1.29 is 9.84 Å². The number of methoxy groups -OCH3 is 1. The summed E-state index contributed by atoms with van der Waals surface area (Å²) in [5.41, 5.74) is 0.914. The molecule has 0 aromatic heterocycles. The second kappa shape index (κ2) is 7.50. The molecule has 0 radical (unpaired) electrons. The van der Waals surface area contributed by atoms with Crippen LogP contribution in [0.3, 0.4) is 0 Å². The number of hydrogen-bond acceptors (Lipinski definition) is 4. The van der Waals surface area contributed by atoms with Gasteiger partial charge in [0.05, 0.1) is 7.11 Å². The molecule has 1 aliphatic rings. The fourth-order valence-corrected chi connectivity index (χ4v) is 2.72. The first kappa shape index (κ1) is 15.1. The van der Waals surface area contributed by atoms with Gasteiger partial charge in [-0.2, -0.15) is 0 Å². The number of piperidine rings is 1. The van der Waals surface area contributed by atoms with Crippen LogP contribution in [0.1, 0.15) is 31.7 Å². The quantitative estimate of drug-likeness (QED) is 0.838. The van der Waals surface area contributed by atoms with E-state index >= 15 is 0 Å². The summed E-state index contributed by atoms with van der Waals surface area (Å²) in [4.78, 5) is 2.55. The number of phenols is 1. The van der Waals surface area contributed by atoms with Gasteiger partial charge in [0.2, 0.25) is 0 Å². The maximum atomic E-state index is 9.91. The van der Waals surface area contributed by atoms with Gasteiger partial charge < -0.3 is 15.2 Å². The zero-order chi connectivity index (χ0) is 14.4. The number of aromatic hydroxyl groups is 1. The van der Waals surface area contributed by atoms with Crippen molar-refractivity contribution in [3.63, 3.8) is 0 Å². The van der Waals surface area contributed by atoms with Gasteiger partial charge in [0.15, 0.2) is 0 Å². The van der Waals surface area contributed by atoms with Gasteiger partial charge in [-0.05, 0) is 38.9 Å². The Morgan fingerprint density at radius 3 is 2.70 bits per heavy atom. The van der Waals surface area contributed by atoms with E-state index in [4.69, 9.17) is 4.74 Å². The highest BCUT2D eigenvalue weighted by atomic mass is 16.5. The summed E-state index contributed by atoms with van der Waals surface area (Å²) in [7, 11) is 1.60. The van der Waals surface area contributed by atoms with Crippen LogP contribution in [0.25, 0.3) is 0 Å². The Morgan fingerprint density at radius 1 is 1.30 bits per heavy atom. The molecular formula is C16H26N2O2. The van der Waals surface area contributed by atoms with Crippen LogP contribution in [-0.4, -0.2) is 42.8 Å². The molecule has 4 nitrogen and oxygen atoms in total. The molecule has 4 heteroatoms. The zero-order valence-corrected chi connectivity index (χ0v) is 12.6. The topological polar surface area (TPSA) is 44.7 Å². The normalized spacial score (nSPS) is 17.9. The lowest BCUT2D eigenvalue weighted by Crippen LogP contribution is -2.42. The Labute approximate surface area is 121 Å². The molecule has 0 saturated carbocycles. The Bertz CT molecular complexity index is 417. The molecule has 20 heavy (non-hydrogen) atoms. The number of phenolic OH excluding ortho intramolecular Hbond substituents is 1. The third-order valence-corrected chi connectivity index (χ3v) is 4.06. The van der Waals surface area contributed by atoms with Crippen molar-refractivity contribution in [2.75, 3.05) is 26.7 Å². The third kappa shape index (κ3) is 4.12. The summed E-state index contributed by atoms with van der Waals surface area (Å²) < 4.78 is 5.08. The molecule has 112 valence electrons. The molecule has 1 fully saturated rings. The number of benzene rings is 1. The van der Waals surface area contributed by atoms with Crippen molar-refractivity contribution in [3.05, 3.63) is 23.8 Å². The minimum atomic E-state index is 0.294. The number of nitrogens with zero attached hydrogens (tertiary/aromatic N) is 1. The molecule has 2 rings (SSSR count). The van der Waals surface area contributed by atoms with Crippen LogP contribution in [0.5, 0.6) is 11.5 Å². The van der Waals surface area contributed by atoms with E-state index in [0.29, 0.717) is 24.1 Å². The van der Waals surface area contributed by atoms with Crippen LogP contribution < -0.4 is 10.1 Å². The minimum Gasteiger partial charge on any atom is -0.507 e. The number of likely N-dealkylation sites (tertiary alicyclic amines) is 1. The number of nitrogens with one attached hydrogen (secondary N) is 1. The van der Waals surface area contributed by atoms with E-state index in [2.05, 4.69) is 17.1 Å². The van der Waals surface area contributed by atoms with Crippen molar-refractivity contribution in [1.82, 2.24) is 10.2 Å². The smallest absolute Gasteiger partial charge is 0.123 e. The van der Waals surface area contributed by atoms with Crippen LogP contribution in [0.4, 0.5) is 0 Å². The van der Waals surface area contributed by atoms with E-state index in [1.807, 2.05) is 12.1 Å². The Kier molecular flexibility index (Phi) is 5.68. The fraction of sp³-hybridized carbons (Fsp3) is 0.625. The van der Waals surface area contributed by atoms with Gasteiger partial charge in [0.1, 0.15) is 11.5 Å². The van der Waals surface area contributed by atoms with Gasteiger partial charge in [-0.3, -0.25) is 4.90 Å². The van der Waals surface area contributed by atoms with E-state index in [-0.39, 0.29) is 0 Å². The van der Waals surface area contributed by atoms with Crippen molar-refractivity contribution in [1.29, 1.82) is 0 Å². The minimum absolute atomic E-state index is 0.294. The number of hydrogen-bond donors (Lipinski definition) is 2. The molecule has 0 aliphatic carbocycles. The Morgan fingerprint density at radius 2 is 2.05 bits per heavy atom. The van der Waals surface area contributed by atoms with Gasteiger partial charge >= 0.3 is 0 Å². The van der Waals surface area contributed by atoms with E-state index in [1.165, 1.54) is 32.4 Å². The highest BCUT2D eigenvalue weighted by Crippen LogP contribution is 2.23. The highest BCUT2D eigenvalue weighted by molar-refractivity contribution is 5.39. The van der Waals surface area contributed by atoms with Gasteiger partial charge in [0, 0.05) is 30.8 Å². The summed E-state index contributed by atoms with van der Waals surface area (Å²) in [5.74, 6) is 0.982. The predicted octanol–water partition coefficient (Wildman–Crippen LogP) is 2.36. The van der Waals surface area contributed by atoms with E-state index in [1.54, 1.807) is 13.2 Å². The average molecular weight is 278 g/mol. The number of ether oxygens (including phenoxy) is 1. The van der Waals surface area contributed by atoms with Gasteiger partial charge in [0.25, 0.3) is 0 Å². The first-order chi connectivity index (χ1) is 9.70. The largest absolute Gasteiger partial charge is 0.507 e. The first-order valence-corrected chi connectivity index (χ1v) is 7.51. The van der Waals surface area contributed by atoms with Crippen molar-refractivity contribution >= 4 is 0 Å². The summed E-state index contributed by atoms with van der Waals surface area (Å²) in [6.07, 6.45) is 4.02. The highest BCUT2D eigenvalue weighted by Gasteiger charge is 2.16. The lowest BCUT2D eigenvalue weighted by atomic mass is 10.1. The first-order valence-electron chi connectivity index (χ1n) is 7.51. The van der Waals surface area contributed by atoms with Crippen molar-refractivity contribution in [2.45, 2.75) is 38.8 Å². The monoisotopic (exact) mass is 278 g/mol. The van der Waals surface area contributed by atoms with Crippen LogP contribution in [0.2, 0.25) is 0 Å². The molecule has 1 saturated heterocycles. The molecule has 0 bridgehead atoms. The second-order valence-electron chi connectivity index (χ2n) is 5.57. The number of rotatable bonds is 6. The lowest BCUT2D eigenvalue weighted by molar-refractivity contribution is 0.170. The van der Waals surface area contributed by atoms with Crippen LogP contribution >= 0.6 is 0 Å². The van der Waals surface area contributed by atoms with Gasteiger partial charge in [-0.1, -0.05) is 12.5 Å². The van der Waals surface area contributed by atoms with E-state index < -0.39 is 0 Å². The molecule has 1 aromatic carbocycles. The molecule has 1 unspecified atom stereocenters. The molecule has 1 heterocycles. The van der Waals surface area contributed by atoms with E-state index in [0.717, 1.165) is 12.1 Å². The molecule has 2 N–H and O–H groups in total. The SMILES string of the molecule is COc1ccc(CNCC(C)N2CCCCC2)c(O)c1. The fourth-order valence-electron chi connectivity index (χ4n) is 2.72. The maximum Gasteiger partial charge on any atom is 0.123 e. The molecule has 1 aliphatic heterocycles. The van der Waals surface area contributed by atoms with Crippen molar-refractivity contribution in [3.8, 4) is 11.5 Å². The van der Waals surface area contributed by atoms with Gasteiger partial charge in [-0.25, -0.2) is 0 Å². The molecular weight excluding hydrogens is 252 g/mol. The zero-order valence-electron chi connectivity index (χ0n) is 12.6. The molecule has 0 amide bonds. The lowest BCUT2D eigenvalue weighted by Gasteiger charge is -2.32. The van der Waals surface area contributed by atoms with Crippen LogP contribution in [0.15, 0.2) is 18.2 Å². The van der Waals surface area contributed by atoms with E-state index in [9.17, 15) is 5.11 Å². The summed E-state index contributed by atoms with van der Waals surface area (Å²) in [5, 5.41) is 13.3. The Hall–Kier alpha value is -1.26. The Balaban J connectivity index is 1.77. The van der Waals surface area contributed by atoms with Crippen LogP contribution in [0, 0.1) is 0 Å². The molecule has 1 aromatic rings. The molecule has 1 atom stereocenters. The summed E-state index contributed by atoms with van der Waals surface area (Å²) in [6.45, 7) is 6.35. The van der Waals surface area contributed by atoms with Gasteiger partial charge in [-0.15, -0.1) is 0 Å². The maximum absolute atomic E-state index is 9.91. The average Bonchev–Trinajstić information content (AvgIpc) is 2.49. The van der Waals surface area contributed by atoms with Crippen LogP contribution in [-0.2, 0) is 6.54 Å². The summed E-state index contributed by atoms with van der Waals surface area (Å²) >= 11 is 0. The third-order valence-electron chi connectivity index (χ3n) is 4.06. The standard InChI is InChI=1S/C16H26N2O2/c1-13(18-8-4-3-5-9-18)11-17-12-14-6-7-15(20-2)10-16(14)19/h6-7,10,13,17,19H,3-5,8-9,11-12H2,1-2H3.